The summed E-state index contributed by atoms with van der Waals surface area (Å²) in [7, 11) is 1.58. The van der Waals surface area contributed by atoms with Crippen LogP contribution in [0.4, 0.5) is 0 Å². The van der Waals surface area contributed by atoms with Crippen LogP contribution in [0.3, 0.4) is 0 Å². The van der Waals surface area contributed by atoms with Gasteiger partial charge >= 0.3 is 5.97 Å². The summed E-state index contributed by atoms with van der Waals surface area (Å²) < 4.78 is 11.5. The zero-order valence-corrected chi connectivity index (χ0v) is 13.5. The predicted octanol–water partition coefficient (Wildman–Crippen LogP) is 2.51. The highest BCUT2D eigenvalue weighted by molar-refractivity contribution is 5.90. The topological polar surface area (TPSA) is 70.4 Å². The fourth-order valence-electron chi connectivity index (χ4n) is 2.18. The van der Waals surface area contributed by atoms with Gasteiger partial charge in [0.25, 0.3) is 5.56 Å². The third-order valence-electron chi connectivity index (χ3n) is 3.27. The third-order valence-corrected chi connectivity index (χ3v) is 3.27. The van der Waals surface area contributed by atoms with E-state index < -0.39 is 11.5 Å². The molecule has 0 saturated heterocycles. The lowest BCUT2D eigenvalue weighted by atomic mass is 10.1. The molecule has 2 rings (SSSR count). The van der Waals surface area contributed by atoms with Crippen molar-refractivity contribution in [3.05, 3.63) is 46.2 Å². The maximum absolute atomic E-state index is 12.4. The number of rotatable bonds is 6. The number of methoxy groups -OCH3 is 1. The van der Waals surface area contributed by atoms with Crippen molar-refractivity contribution in [2.45, 2.75) is 26.8 Å². The Morgan fingerprint density at radius 3 is 2.70 bits per heavy atom. The fourth-order valence-corrected chi connectivity index (χ4v) is 2.18. The molecule has 0 atom stereocenters. The van der Waals surface area contributed by atoms with Crippen LogP contribution in [-0.4, -0.2) is 29.5 Å². The SMILES string of the molecule is CCCn1nc(-c2cccc(OC)c2)cc(C(=O)OCC)c1=O. The van der Waals surface area contributed by atoms with E-state index in [0.717, 1.165) is 12.0 Å². The lowest BCUT2D eigenvalue weighted by molar-refractivity contribution is 0.0523. The lowest BCUT2D eigenvalue weighted by Gasteiger charge is -2.10. The van der Waals surface area contributed by atoms with Gasteiger partial charge < -0.3 is 9.47 Å². The molecule has 2 aromatic rings. The van der Waals surface area contributed by atoms with Crippen molar-refractivity contribution in [1.82, 2.24) is 9.78 Å². The van der Waals surface area contributed by atoms with Gasteiger partial charge in [-0.05, 0) is 31.5 Å². The molecule has 0 spiro atoms. The molecule has 1 aromatic carbocycles. The molecule has 122 valence electrons. The molecule has 1 heterocycles. The second-order valence-corrected chi connectivity index (χ2v) is 4.92. The number of aryl methyl sites for hydroxylation is 1. The summed E-state index contributed by atoms with van der Waals surface area (Å²) in [5.41, 5.74) is 0.852. The van der Waals surface area contributed by atoms with E-state index in [1.54, 1.807) is 20.1 Å². The number of ether oxygens (including phenoxy) is 2. The van der Waals surface area contributed by atoms with Gasteiger partial charge in [-0.15, -0.1) is 0 Å². The minimum absolute atomic E-state index is 0.00637. The van der Waals surface area contributed by atoms with Crippen molar-refractivity contribution in [2.75, 3.05) is 13.7 Å². The standard InChI is InChI=1S/C17H20N2O4/c1-4-9-19-16(20)14(17(21)23-5-2)11-15(18-19)12-7-6-8-13(10-12)22-3/h6-8,10-11H,4-5,9H2,1-3H3. The summed E-state index contributed by atoms with van der Waals surface area (Å²) in [5.74, 6) is 0.0455. The first-order chi connectivity index (χ1) is 11.1. The van der Waals surface area contributed by atoms with Gasteiger partial charge in [-0.3, -0.25) is 4.79 Å². The number of hydrogen-bond acceptors (Lipinski definition) is 5. The number of carbonyl (C=O) groups is 1. The Balaban J connectivity index is 2.58. The van der Waals surface area contributed by atoms with Gasteiger partial charge in [0.2, 0.25) is 0 Å². The molecule has 23 heavy (non-hydrogen) atoms. The number of hydrogen-bond donors (Lipinski definition) is 0. The minimum Gasteiger partial charge on any atom is -0.497 e. The van der Waals surface area contributed by atoms with Gasteiger partial charge in [0, 0.05) is 12.1 Å². The van der Waals surface area contributed by atoms with E-state index in [1.165, 1.54) is 10.7 Å². The van der Waals surface area contributed by atoms with Crippen molar-refractivity contribution >= 4 is 5.97 Å². The Labute approximate surface area is 134 Å². The van der Waals surface area contributed by atoms with E-state index in [9.17, 15) is 9.59 Å². The van der Waals surface area contributed by atoms with Crippen LogP contribution in [0.25, 0.3) is 11.3 Å². The first kappa shape index (κ1) is 16.7. The largest absolute Gasteiger partial charge is 0.497 e. The van der Waals surface area contributed by atoms with Gasteiger partial charge in [-0.2, -0.15) is 5.10 Å². The molecule has 6 nitrogen and oxygen atoms in total. The van der Waals surface area contributed by atoms with E-state index in [4.69, 9.17) is 9.47 Å². The summed E-state index contributed by atoms with van der Waals surface area (Å²) in [5, 5.41) is 4.35. The molecule has 0 radical (unpaired) electrons. The van der Waals surface area contributed by atoms with Crippen LogP contribution in [0.5, 0.6) is 5.75 Å². The first-order valence-electron chi connectivity index (χ1n) is 7.54. The molecule has 0 amide bonds. The van der Waals surface area contributed by atoms with Gasteiger partial charge in [0.15, 0.2) is 0 Å². The van der Waals surface area contributed by atoms with E-state index in [2.05, 4.69) is 5.10 Å². The number of nitrogens with zero attached hydrogens (tertiary/aromatic N) is 2. The van der Waals surface area contributed by atoms with Crippen LogP contribution in [-0.2, 0) is 11.3 Å². The Morgan fingerprint density at radius 2 is 2.04 bits per heavy atom. The van der Waals surface area contributed by atoms with Crippen LogP contribution in [0.15, 0.2) is 35.1 Å². The zero-order chi connectivity index (χ0) is 16.8. The van der Waals surface area contributed by atoms with Crippen LogP contribution >= 0.6 is 0 Å². The second-order valence-electron chi connectivity index (χ2n) is 4.92. The number of benzene rings is 1. The summed E-state index contributed by atoms with van der Waals surface area (Å²) in [4.78, 5) is 24.4. The van der Waals surface area contributed by atoms with Crippen LogP contribution < -0.4 is 10.3 Å². The van der Waals surface area contributed by atoms with E-state index in [0.29, 0.717) is 18.0 Å². The Bertz CT molecular complexity index is 752. The van der Waals surface area contributed by atoms with Gasteiger partial charge in [-0.25, -0.2) is 9.48 Å². The highest BCUT2D eigenvalue weighted by Gasteiger charge is 2.17. The first-order valence-corrected chi connectivity index (χ1v) is 7.54. The Hall–Kier alpha value is -2.63. The zero-order valence-electron chi connectivity index (χ0n) is 13.5. The fraction of sp³-hybridized carbons (Fsp3) is 0.353. The monoisotopic (exact) mass is 316 g/mol. The highest BCUT2D eigenvalue weighted by Crippen LogP contribution is 2.22. The normalized spacial score (nSPS) is 10.4. The molecule has 1 aromatic heterocycles. The van der Waals surface area contributed by atoms with E-state index in [-0.39, 0.29) is 12.2 Å². The highest BCUT2D eigenvalue weighted by atomic mass is 16.5. The van der Waals surface area contributed by atoms with Crippen molar-refractivity contribution in [1.29, 1.82) is 0 Å². The van der Waals surface area contributed by atoms with Gasteiger partial charge in [-0.1, -0.05) is 19.1 Å². The van der Waals surface area contributed by atoms with Gasteiger partial charge in [0.05, 0.1) is 19.4 Å². The maximum atomic E-state index is 12.4. The quantitative estimate of drug-likeness (QED) is 0.766. The second kappa shape index (κ2) is 7.58. The smallest absolute Gasteiger partial charge is 0.343 e. The van der Waals surface area contributed by atoms with E-state index in [1.807, 2.05) is 25.1 Å². The molecule has 0 N–H and O–H groups in total. The van der Waals surface area contributed by atoms with Crippen LogP contribution in [0.2, 0.25) is 0 Å². The molecule has 0 fully saturated rings. The number of carbonyl (C=O) groups excluding carboxylic acids is 1. The molecular weight excluding hydrogens is 296 g/mol. The maximum Gasteiger partial charge on any atom is 0.343 e. The van der Waals surface area contributed by atoms with Crippen molar-refractivity contribution < 1.29 is 14.3 Å². The lowest BCUT2D eigenvalue weighted by Crippen LogP contribution is -2.29. The van der Waals surface area contributed by atoms with Crippen molar-refractivity contribution in [2.24, 2.45) is 0 Å². The van der Waals surface area contributed by atoms with Crippen LogP contribution in [0, 0.1) is 0 Å². The third kappa shape index (κ3) is 3.77. The molecule has 0 aliphatic heterocycles. The van der Waals surface area contributed by atoms with Crippen molar-refractivity contribution in [3.63, 3.8) is 0 Å². The van der Waals surface area contributed by atoms with Crippen LogP contribution in [0.1, 0.15) is 30.6 Å². The summed E-state index contributed by atoms with van der Waals surface area (Å²) >= 11 is 0. The summed E-state index contributed by atoms with van der Waals surface area (Å²) in [6.07, 6.45) is 0.733. The molecule has 0 aliphatic carbocycles. The average molecular weight is 316 g/mol. The molecule has 0 bridgehead atoms. The molecule has 6 heteroatoms. The predicted molar refractivity (Wildman–Crippen MR) is 86.7 cm³/mol. The number of aromatic nitrogens is 2. The Morgan fingerprint density at radius 1 is 1.26 bits per heavy atom. The summed E-state index contributed by atoms with van der Waals surface area (Å²) in [6.45, 7) is 4.29. The molecule has 0 unspecified atom stereocenters. The Kier molecular flexibility index (Phi) is 5.51. The summed E-state index contributed by atoms with van der Waals surface area (Å²) in [6, 6.07) is 8.77. The minimum atomic E-state index is -0.631. The van der Waals surface area contributed by atoms with Gasteiger partial charge in [0.1, 0.15) is 11.3 Å². The molecule has 0 aliphatic rings. The molecular formula is C17H20N2O4. The number of esters is 1. The van der Waals surface area contributed by atoms with E-state index >= 15 is 0 Å². The average Bonchev–Trinajstić information content (AvgIpc) is 2.57. The van der Waals surface area contributed by atoms with Crippen molar-refractivity contribution in [3.8, 4) is 17.0 Å². The molecule has 0 saturated carbocycles.